The van der Waals surface area contributed by atoms with Crippen LogP contribution in [0.15, 0.2) is 18.2 Å². The Morgan fingerprint density at radius 1 is 1.33 bits per heavy atom. The maximum atomic E-state index is 12.3. The first kappa shape index (κ1) is 11.8. The van der Waals surface area contributed by atoms with E-state index in [1.54, 1.807) is 0 Å². The second-order valence-corrected chi connectivity index (χ2v) is 3.13. The van der Waals surface area contributed by atoms with Crippen molar-refractivity contribution in [3.63, 3.8) is 0 Å². The Balaban J connectivity index is 3.22. The lowest BCUT2D eigenvalue weighted by Crippen LogP contribution is -2.07. The van der Waals surface area contributed by atoms with E-state index in [0.717, 1.165) is 12.1 Å². The third kappa shape index (κ3) is 2.62. The number of hydrogen-bond donors (Lipinski definition) is 1. The smallest absolute Gasteiger partial charge is 0.416 e. The molecule has 5 heteroatoms. The minimum absolute atomic E-state index is 0.132. The molecule has 84 valence electrons. The molecule has 15 heavy (non-hydrogen) atoms. The van der Waals surface area contributed by atoms with Crippen molar-refractivity contribution in [2.75, 3.05) is 7.11 Å². The van der Waals surface area contributed by atoms with Crippen LogP contribution in [-0.4, -0.2) is 12.2 Å². The van der Waals surface area contributed by atoms with Crippen molar-refractivity contribution in [2.45, 2.75) is 19.2 Å². The second-order valence-electron chi connectivity index (χ2n) is 3.13. The quantitative estimate of drug-likeness (QED) is 0.830. The lowest BCUT2D eigenvalue weighted by atomic mass is 10.1. The van der Waals surface area contributed by atoms with Gasteiger partial charge in [0.2, 0.25) is 0 Å². The summed E-state index contributed by atoms with van der Waals surface area (Å²) in [5.41, 5.74) is -0.661. The number of alkyl halides is 3. The highest BCUT2D eigenvalue weighted by Crippen LogP contribution is 2.34. The third-order valence-corrected chi connectivity index (χ3v) is 2.01. The Hall–Kier alpha value is -1.23. The Bertz CT molecular complexity index is 345. The van der Waals surface area contributed by atoms with E-state index >= 15 is 0 Å². The van der Waals surface area contributed by atoms with Crippen molar-refractivity contribution in [3.05, 3.63) is 29.3 Å². The zero-order chi connectivity index (χ0) is 11.6. The predicted molar refractivity (Wildman–Crippen MR) is 48.6 cm³/mol. The largest absolute Gasteiger partial charge is 0.496 e. The number of rotatable bonds is 2. The van der Waals surface area contributed by atoms with Gasteiger partial charge in [-0.15, -0.1) is 0 Å². The molecule has 0 aliphatic carbocycles. The fourth-order valence-electron chi connectivity index (χ4n) is 1.24. The maximum Gasteiger partial charge on any atom is 0.416 e. The molecule has 1 aromatic carbocycles. The van der Waals surface area contributed by atoms with Crippen LogP contribution in [0.25, 0.3) is 0 Å². The van der Waals surface area contributed by atoms with Crippen molar-refractivity contribution in [1.29, 1.82) is 0 Å². The van der Waals surface area contributed by atoms with Gasteiger partial charge in [0, 0.05) is 5.56 Å². The summed E-state index contributed by atoms with van der Waals surface area (Å²) in [6.45, 7) is 1.39. The fraction of sp³-hybridized carbons (Fsp3) is 0.400. The van der Waals surface area contributed by atoms with E-state index in [4.69, 9.17) is 4.74 Å². The first-order chi connectivity index (χ1) is 6.86. The van der Waals surface area contributed by atoms with Crippen LogP contribution in [0.2, 0.25) is 0 Å². The zero-order valence-electron chi connectivity index (χ0n) is 8.30. The van der Waals surface area contributed by atoms with Gasteiger partial charge in [0.25, 0.3) is 0 Å². The van der Waals surface area contributed by atoms with Crippen molar-refractivity contribution in [3.8, 4) is 5.75 Å². The van der Waals surface area contributed by atoms with Crippen molar-refractivity contribution >= 4 is 0 Å². The molecular weight excluding hydrogens is 209 g/mol. The molecule has 1 rings (SSSR count). The molecule has 2 nitrogen and oxygen atoms in total. The predicted octanol–water partition coefficient (Wildman–Crippen LogP) is 2.77. The minimum Gasteiger partial charge on any atom is -0.496 e. The molecule has 0 aromatic heterocycles. The SMILES string of the molecule is COc1ccc(C(F)(F)F)cc1[C@@H](C)O. The molecule has 1 aromatic rings. The van der Waals surface area contributed by atoms with Gasteiger partial charge in [-0.2, -0.15) is 13.2 Å². The number of methoxy groups -OCH3 is 1. The number of halogens is 3. The van der Waals surface area contributed by atoms with Crippen LogP contribution in [0, 0.1) is 0 Å². The van der Waals surface area contributed by atoms with Crippen molar-refractivity contribution in [1.82, 2.24) is 0 Å². The van der Waals surface area contributed by atoms with Gasteiger partial charge in [0.05, 0.1) is 18.8 Å². The van der Waals surface area contributed by atoms with Crippen LogP contribution in [0.5, 0.6) is 5.75 Å². The maximum absolute atomic E-state index is 12.3. The van der Waals surface area contributed by atoms with Gasteiger partial charge in [0.15, 0.2) is 0 Å². The molecule has 0 spiro atoms. The van der Waals surface area contributed by atoms with Crippen molar-refractivity contribution in [2.24, 2.45) is 0 Å². The van der Waals surface area contributed by atoms with E-state index in [1.165, 1.54) is 20.1 Å². The van der Waals surface area contributed by atoms with Gasteiger partial charge in [-0.1, -0.05) is 0 Å². The van der Waals surface area contributed by atoms with Crippen LogP contribution < -0.4 is 4.74 Å². The summed E-state index contributed by atoms with van der Waals surface area (Å²) < 4.78 is 41.9. The van der Waals surface area contributed by atoms with E-state index in [9.17, 15) is 18.3 Å². The van der Waals surface area contributed by atoms with Gasteiger partial charge < -0.3 is 9.84 Å². The molecule has 0 amide bonds. The summed E-state index contributed by atoms with van der Waals surface area (Å²) in [4.78, 5) is 0. The molecule has 0 fully saturated rings. The third-order valence-electron chi connectivity index (χ3n) is 2.01. The highest BCUT2D eigenvalue weighted by molar-refractivity contribution is 5.39. The molecule has 0 unspecified atom stereocenters. The minimum atomic E-state index is -4.41. The number of aliphatic hydroxyl groups excluding tert-OH is 1. The molecule has 0 aliphatic rings. The summed E-state index contributed by atoms with van der Waals surface area (Å²) in [5, 5.41) is 9.28. The Kier molecular flexibility index (Phi) is 3.24. The van der Waals surface area contributed by atoms with Crippen LogP contribution >= 0.6 is 0 Å². The summed E-state index contributed by atoms with van der Waals surface area (Å²) in [6, 6.07) is 3.01. The van der Waals surface area contributed by atoms with E-state index in [1.807, 2.05) is 0 Å². The topological polar surface area (TPSA) is 29.5 Å². The number of benzene rings is 1. The lowest BCUT2D eigenvalue weighted by Gasteiger charge is -2.14. The average Bonchev–Trinajstić information content (AvgIpc) is 2.15. The molecule has 0 radical (unpaired) electrons. The number of ether oxygens (including phenoxy) is 1. The number of aliphatic hydroxyl groups is 1. The van der Waals surface area contributed by atoms with E-state index in [-0.39, 0.29) is 11.3 Å². The summed E-state index contributed by atoms with van der Waals surface area (Å²) in [6.07, 6.45) is -5.40. The molecule has 0 saturated carbocycles. The average molecular weight is 220 g/mol. The highest BCUT2D eigenvalue weighted by Gasteiger charge is 2.31. The van der Waals surface area contributed by atoms with Gasteiger partial charge >= 0.3 is 6.18 Å². The Labute approximate surface area is 85.3 Å². The van der Waals surface area contributed by atoms with E-state index in [0.29, 0.717) is 0 Å². The lowest BCUT2D eigenvalue weighted by molar-refractivity contribution is -0.137. The van der Waals surface area contributed by atoms with E-state index < -0.39 is 17.8 Å². The summed E-state index contributed by atoms with van der Waals surface area (Å²) >= 11 is 0. The van der Waals surface area contributed by atoms with Gasteiger partial charge in [-0.05, 0) is 25.1 Å². The second kappa shape index (κ2) is 4.10. The normalized spacial score (nSPS) is 13.7. The standard InChI is InChI=1S/C10H11F3O2/c1-6(14)8-5-7(10(11,12)13)3-4-9(8)15-2/h3-6,14H,1-2H3/t6-/m1/s1. The monoisotopic (exact) mass is 220 g/mol. The van der Waals surface area contributed by atoms with Crippen molar-refractivity contribution < 1.29 is 23.0 Å². The first-order valence-electron chi connectivity index (χ1n) is 4.29. The summed E-state index contributed by atoms with van der Waals surface area (Å²) in [5.74, 6) is 0.248. The summed E-state index contributed by atoms with van der Waals surface area (Å²) in [7, 11) is 1.34. The first-order valence-corrected chi connectivity index (χ1v) is 4.29. The molecule has 1 atom stereocenters. The molecule has 0 saturated heterocycles. The highest BCUT2D eigenvalue weighted by atomic mass is 19.4. The van der Waals surface area contributed by atoms with E-state index in [2.05, 4.69) is 0 Å². The van der Waals surface area contributed by atoms with Crippen LogP contribution in [-0.2, 0) is 6.18 Å². The number of hydrogen-bond acceptors (Lipinski definition) is 2. The Morgan fingerprint density at radius 3 is 2.33 bits per heavy atom. The Morgan fingerprint density at radius 2 is 1.93 bits per heavy atom. The molecular formula is C10H11F3O2. The van der Waals surface area contributed by atoms with Gasteiger partial charge in [-0.3, -0.25) is 0 Å². The molecule has 0 aliphatic heterocycles. The molecule has 0 heterocycles. The van der Waals surface area contributed by atoms with Crippen LogP contribution in [0.3, 0.4) is 0 Å². The van der Waals surface area contributed by atoms with Gasteiger partial charge in [0.1, 0.15) is 5.75 Å². The zero-order valence-corrected chi connectivity index (χ0v) is 8.30. The van der Waals surface area contributed by atoms with Crippen LogP contribution in [0.1, 0.15) is 24.2 Å². The molecule has 0 bridgehead atoms. The molecule has 1 N–H and O–H groups in total. The fourth-order valence-corrected chi connectivity index (χ4v) is 1.24. The van der Waals surface area contributed by atoms with Crippen LogP contribution in [0.4, 0.5) is 13.2 Å². The van der Waals surface area contributed by atoms with Gasteiger partial charge in [-0.25, -0.2) is 0 Å².